The highest BCUT2D eigenvalue weighted by atomic mass is 16.6. The zero-order valence-corrected chi connectivity index (χ0v) is 9.78. The van der Waals surface area contributed by atoms with E-state index in [1.807, 2.05) is 27.7 Å². The predicted octanol–water partition coefficient (Wildman–Crippen LogP) is 2.16. The van der Waals surface area contributed by atoms with Crippen molar-refractivity contribution < 1.29 is 9.53 Å². The minimum Gasteiger partial charge on any atom is -0.444 e. The number of nitrogens with zero attached hydrogens (tertiary/aromatic N) is 2. The highest BCUT2D eigenvalue weighted by Gasteiger charge is 2.34. The van der Waals surface area contributed by atoms with Crippen LogP contribution in [-0.4, -0.2) is 29.2 Å². The highest BCUT2D eigenvalue weighted by Crippen LogP contribution is 2.24. The van der Waals surface area contributed by atoms with E-state index in [4.69, 9.17) is 10.00 Å². The van der Waals surface area contributed by atoms with E-state index in [0.29, 0.717) is 6.54 Å². The van der Waals surface area contributed by atoms with Gasteiger partial charge in [-0.1, -0.05) is 0 Å². The van der Waals surface area contributed by atoms with Crippen LogP contribution in [0.15, 0.2) is 0 Å². The summed E-state index contributed by atoms with van der Waals surface area (Å²) in [6, 6.07) is 2.29. The number of likely N-dealkylation sites (tertiary alicyclic amines) is 1. The lowest BCUT2D eigenvalue weighted by molar-refractivity contribution is 0.0236. The van der Waals surface area contributed by atoms with Crippen LogP contribution in [0, 0.1) is 17.2 Å². The number of carbonyl (C=O) groups is 1. The van der Waals surface area contributed by atoms with E-state index in [2.05, 4.69) is 6.07 Å². The third-order valence-electron chi connectivity index (χ3n) is 2.39. The van der Waals surface area contributed by atoms with E-state index >= 15 is 0 Å². The van der Waals surface area contributed by atoms with Gasteiger partial charge in [0.25, 0.3) is 0 Å². The molecule has 1 aliphatic heterocycles. The highest BCUT2D eigenvalue weighted by molar-refractivity contribution is 5.69. The molecule has 0 N–H and O–H groups in total. The fraction of sp³-hybridized carbons (Fsp3) is 0.818. The summed E-state index contributed by atoms with van der Waals surface area (Å²) in [5.74, 6) is -0.0486. The van der Waals surface area contributed by atoms with Crippen molar-refractivity contribution in [3.05, 3.63) is 0 Å². The van der Waals surface area contributed by atoms with Crippen LogP contribution >= 0.6 is 0 Å². The number of amides is 1. The van der Waals surface area contributed by atoms with Crippen LogP contribution in [-0.2, 0) is 4.74 Å². The molecule has 1 saturated heterocycles. The van der Waals surface area contributed by atoms with Crippen molar-refractivity contribution in [1.29, 1.82) is 5.26 Å². The van der Waals surface area contributed by atoms with Crippen LogP contribution in [0.4, 0.5) is 4.79 Å². The molecule has 15 heavy (non-hydrogen) atoms. The first-order chi connectivity index (χ1) is 6.83. The number of rotatable bonds is 0. The van der Waals surface area contributed by atoms with Gasteiger partial charge in [-0.25, -0.2) is 4.79 Å². The largest absolute Gasteiger partial charge is 0.444 e. The smallest absolute Gasteiger partial charge is 0.410 e. The van der Waals surface area contributed by atoms with Gasteiger partial charge in [0, 0.05) is 12.6 Å². The molecular weight excluding hydrogens is 192 g/mol. The monoisotopic (exact) mass is 210 g/mol. The van der Waals surface area contributed by atoms with Gasteiger partial charge in [-0.05, 0) is 34.1 Å². The maximum Gasteiger partial charge on any atom is 0.410 e. The number of hydrogen-bond acceptors (Lipinski definition) is 3. The molecular formula is C11H18N2O2. The summed E-state index contributed by atoms with van der Waals surface area (Å²) in [5.41, 5.74) is -0.471. The van der Waals surface area contributed by atoms with Gasteiger partial charge < -0.3 is 9.64 Å². The van der Waals surface area contributed by atoms with E-state index in [1.165, 1.54) is 0 Å². The van der Waals surface area contributed by atoms with Gasteiger partial charge in [0.15, 0.2) is 0 Å². The Bertz CT molecular complexity index is 288. The van der Waals surface area contributed by atoms with E-state index in [0.717, 1.165) is 6.42 Å². The summed E-state index contributed by atoms with van der Waals surface area (Å²) >= 11 is 0. The molecule has 1 fully saturated rings. The third kappa shape index (κ3) is 3.12. The molecule has 0 aliphatic carbocycles. The zero-order chi connectivity index (χ0) is 11.6. The van der Waals surface area contributed by atoms with Crippen LogP contribution in [0.3, 0.4) is 0 Å². The Morgan fingerprint density at radius 2 is 2.13 bits per heavy atom. The second-order valence-electron chi connectivity index (χ2n) is 5.04. The third-order valence-corrected chi connectivity index (χ3v) is 2.39. The van der Waals surface area contributed by atoms with Gasteiger partial charge in [-0.2, -0.15) is 5.26 Å². The Morgan fingerprint density at radius 3 is 2.53 bits per heavy atom. The average molecular weight is 210 g/mol. The Hall–Kier alpha value is -1.24. The van der Waals surface area contributed by atoms with Gasteiger partial charge in [0.1, 0.15) is 5.60 Å². The summed E-state index contributed by atoms with van der Waals surface area (Å²) in [5, 5.41) is 8.79. The molecule has 0 spiro atoms. The van der Waals surface area contributed by atoms with Gasteiger partial charge in [0.05, 0.1) is 12.0 Å². The second-order valence-corrected chi connectivity index (χ2v) is 5.04. The molecule has 1 rings (SSSR count). The van der Waals surface area contributed by atoms with E-state index in [1.54, 1.807) is 4.90 Å². The Balaban J connectivity index is 2.59. The fourth-order valence-corrected chi connectivity index (χ4v) is 1.70. The van der Waals surface area contributed by atoms with Crippen molar-refractivity contribution in [2.45, 2.75) is 45.8 Å². The van der Waals surface area contributed by atoms with Crippen molar-refractivity contribution in [1.82, 2.24) is 4.90 Å². The minimum atomic E-state index is -0.471. The lowest BCUT2D eigenvalue weighted by Gasteiger charge is -2.26. The summed E-state index contributed by atoms with van der Waals surface area (Å²) in [7, 11) is 0. The quantitative estimate of drug-likeness (QED) is 0.615. The predicted molar refractivity (Wildman–Crippen MR) is 56.1 cm³/mol. The topological polar surface area (TPSA) is 53.3 Å². The minimum absolute atomic E-state index is 0.0486. The van der Waals surface area contributed by atoms with E-state index < -0.39 is 5.60 Å². The molecule has 0 aromatic heterocycles. The lowest BCUT2D eigenvalue weighted by Crippen LogP contribution is -2.38. The molecule has 0 aromatic rings. The first kappa shape index (κ1) is 11.8. The van der Waals surface area contributed by atoms with E-state index in [-0.39, 0.29) is 18.1 Å². The molecule has 0 radical (unpaired) electrons. The molecule has 0 unspecified atom stereocenters. The molecule has 4 heteroatoms. The number of carbonyl (C=O) groups excluding carboxylic acids is 1. The van der Waals surface area contributed by atoms with Crippen molar-refractivity contribution in [3.63, 3.8) is 0 Å². The maximum atomic E-state index is 11.7. The van der Waals surface area contributed by atoms with Gasteiger partial charge in [-0.3, -0.25) is 0 Å². The van der Waals surface area contributed by atoms with Crippen molar-refractivity contribution in [3.8, 4) is 6.07 Å². The normalized spacial score (nSPS) is 26.2. The molecule has 1 heterocycles. The summed E-state index contributed by atoms with van der Waals surface area (Å²) < 4.78 is 5.26. The Labute approximate surface area is 90.8 Å². The van der Waals surface area contributed by atoms with Crippen LogP contribution < -0.4 is 0 Å². The lowest BCUT2D eigenvalue weighted by atomic mass is 10.1. The van der Waals surface area contributed by atoms with E-state index in [9.17, 15) is 4.79 Å². The molecule has 0 saturated carbocycles. The first-order valence-electron chi connectivity index (χ1n) is 5.22. The fourth-order valence-electron chi connectivity index (χ4n) is 1.70. The van der Waals surface area contributed by atoms with Crippen LogP contribution in [0.1, 0.15) is 34.1 Å². The van der Waals surface area contributed by atoms with Crippen molar-refractivity contribution in [2.75, 3.05) is 6.54 Å². The average Bonchev–Trinajstić information content (AvgIpc) is 2.43. The zero-order valence-electron chi connectivity index (χ0n) is 9.78. The number of nitriles is 1. The SMILES string of the molecule is C[C@H]1C[C@H](C#N)CN1C(=O)OC(C)(C)C. The van der Waals surface area contributed by atoms with Crippen LogP contribution in [0.2, 0.25) is 0 Å². The van der Waals surface area contributed by atoms with Gasteiger partial charge >= 0.3 is 6.09 Å². The number of ether oxygens (including phenoxy) is 1. The van der Waals surface area contributed by atoms with Crippen molar-refractivity contribution >= 4 is 6.09 Å². The summed E-state index contributed by atoms with van der Waals surface area (Å²) in [6.07, 6.45) is 0.434. The van der Waals surface area contributed by atoms with Crippen LogP contribution in [0.25, 0.3) is 0 Å². The standard InChI is InChI=1S/C11H18N2O2/c1-8-5-9(6-12)7-13(8)10(14)15-11(2,3)4/h8-9H,5,7H2,1-4H3/t8-,9+/m0/s1. The Morgan fingerprint density at radius 1 is 1.53 bits per heavy atom. The molecule has 2 atom stereocenters. The number of hydrogen-bond donors (Lipinski definition) is 0. The molecule has 84 valence electrons. The first-order valence-corrected chi connectivity index (χ1v) is 5.22. The summed E-state index contributed by atoms with van der Waals surface area (Å²) in [6.45, 7) is 7.96. The molecule has 0 aromatic carbocycles. The van der Waals surface area contributed by atoms with Gasteiger partial charge in [-0.15, -0.1) is 0 Å². The molecule has 0 bridgehead atoms. The van der Waals surface area contributed by atoms with Crippen LogP contribution in [0.5, 0.6) is 0 Å². The molecule has 1 amide bonds. The molecule has 1 aliphatic rings. The van der Waals surface area contributed by atoms with Crippen molar-refractivity contribution in [2.24, 2.45) is 5.92 Å². The van der Waals surface area contributed by atoms with Gasteiger partial charge in [0.2, 0.25) is 0 Å². The summed E-state index contributed by atoms with van der Waals surface area (Å²) in [4.78, 5) is 13.4. The maximum absolute atomic E-state index is 11.7. The Kier molecular flexibility index (Phi) is 3.23. The molecule has 4 nitrogen and oxygen atoms in total. The second kappa shape index (κ2) is 4.09.